The molecule has 0 aliphatic rings. The molecule has 3 rings (SSSR count). The zero-order valence-corrected chi connectivity index (χ0v) is 16.5. The molecule has 0 saturated carbocycles. The van der Waals surface area contributed by atoms with E-state index < -0.39 is 10.0 Å². The quantitative estimate of drug-likeness (QED) is 0.652. The van der Waals surface area contributed by atoms with E-state index in [9.17, 15) is 8.42 Å². The van der Waals surface area contributed by atoms with Crippen LogP contribution in [0.25, 0.3) is 10.6 Å². The van der Waals surface area contributed by atoms with Crippen LogP contribution in [0.4, 0.5) is 5.69 Å². The summed E-state index contributed by atoms with van der Waals surface area (Å²) in [7, 11) is -3.68. The first-order chi connectivity index (χ1) is 11.3. The molecule has 0 unspecified atom stereocenters. The minimum Gasteiger partial charge on any atom is -0.280 e. The van der Waals surface area contributed by atoms with Gasteiger partial charge in [0.25, 0.3) is 10.0 Å². The monoisotopic (exact) mass is 398 g/mol. The van der Waals surface area contributed by atoms with Gasteiger partial charge < -0.3 is 0 Å². The van der Waals surface area contributed by atoms with Gasteiger partial charge in [0, 0.05) is 15.3 Å². The van der Waals surface area contributed by atoms with Gasteiger partial charge in [0.1, 0.15) is 4.90 Å². The highest BCUT2D eigenvalue weighted by Crippen LogP contribution is 2.35. The number of nitrogens with one attached hydrogen (secondary N) is 1. The number of aryl methyl sites for hydroxylation is 3. The Hall–Kier alpha value is -1.41. The molecule has 0 aliphatic carbocycles. The van der Waals surface area contributed by atoms with Crippen LogP contribution < -0.4 is 4.72 Å². The standard InChI is InChI=1S/C16H15ClN2O2S3/c1-9-4-5-12(6-13(9)17)19-24(20,21)16-7-15(23-10(16)2)14-8-22-11(3)18-14/h4-8,19H,1-3H3. The highest BCUT2D eigenvalue weighted by atomic mass is 35.5. The van der Waals surface area contributed by atoms with E-state index in [1.54, 1.807) is 42.5 Å². The van der Waals surface area contributed by atoms with Crippen LogP contribution in [0.3, 0.4) is 0 Å². The van der Waals surface area contributed by atoms with Crippen molar-refractivity contribution < 1.29 is 8.42 Å². The number of thiazole rings is 1. The van der Waals surface area contributed by atoms with Gasteiger partial charge in [-0.05, 0) is 44.5 Å². The first-order valence-corrected chi connectivity index (χ1v) is 10.6. The summed E-state index contributed by atoms with van der Waals surface area (Å²) in [5.41, 5.74) is 2.15. The molecule has 0 atom stereocenters. The SMILES string of the molecule is Cc1nc(-c2cc(S(=O)(=O)Nc3ccc(C)c(Cl)c3)c(C)s2)cs1. The van der Waals surface area contributed by atoms with Gasteiger partial charge in [-0.1, -0.05) is 17.7 Å². The van der Waals surface area contributed by atoms with E-state index in [1.165, 1.54) is 11.3 Å². The number of hydrogen-bond acceptors (Lipinski definition) is 5. The van der Waals surface area contributed by atoms with Gasteiger partial charge in [0.15, 0.2) is 0 Å². The second-order valence-corrected chi connectivity index (χ2v) is 9.73. The van der Waals surface area contributed by atoms with Crippen molar-refractivity contribution in [3.8, 4) is 10.6 Å². The molecule has 126 valence electrons. The fourth-order valence-corrected chi connectivity index (χ4v) is 5.67. The number of rotatable bonds is 4. The van der Waals surface area contributed by atoms with Crippen molar-refractivity contribution in [3.05, 3.63) is 50.1 Å². The van der Waals surface area contributed by atoms with Crippen LogP contribution in [0.5, 0.6) is 0 Å². The van der Waals surface area contributed by atoms with E-state index in [4.69, 9.17) is 11.6 Å². The van der Waals surface area contributed by atoms with Gasteiger partial charge in [-0.15, -0.1) is 22.7 Å². The minimum atomic E-state index is -3.68. The Morgan fingerprint density at radius 1 is 1.17 bits per heavy atom. The summed E-state index contributed by atoms with van der Waals surface area (Å²) < 4.78 is 28.0. The van der Waals surface area contributed by atoms with Gasteiger partial charge in [-0.2, -0.15) is 0 Å². The third-order valence-electron chi connectivity index (χ3n) is 3.46. The van der Waals surface area contributed by atoms with Crippen molar-refractivity contribution in [1.82, 2.24) is 4.98 Å². The molecule has 0 saturated heterocycles. The van der Waals surface area contributed by atoms with E-state index in [0.29, 0.717) is 10.7 Å². The third-order valence-corrected chi connectivity index (χ3v) is 7.35. The lowest BCUT2D eigenvalue weighted by molar-refractivity contribution is 0.601. The van der Waals surface area contributed by atoms with Crippen LogP contribution in [-0.4, -0.2) is 13.4 Å². The van der Waals surface area contributed by atoms with Crippen LogP contribution in [0.1, 0.15) is 15.4 Å². The second kappa shape index (κ2) is 6.48. The van der Waals surface area contributed by atoms with Crippen LogP contribution >= 0.6 is 34.3 Å². The average Bonchev–Trinajstić information content (AvgIpc) is 3.09. The molecule has 1 N–H and O–H groups in total. The average molecular weight is 399 g/mol. The molecule has 2 heterocycles. The molecule has 8 heteroatoms. The lowest BCUT2D eigenvalue weighted by Gasteiger charge is -2.08. The number of thiophene rings is 1. The Morgan fingerprint density at radius 3 is 2.54 bits per heavy atom. The van der Waals surface area contributed by atoms with E-state index in [1.807, 2.05) is 19.2 Å². The molecule has 24 heavy (non-hydrogen) atoms. The number of hydrogen-bond donors (Lipinski definition) is 1. The van der Waals surface area contributed by atoms with Crippen molar-refractivity contribution in [1.29, 1.82) is 0 Å². The van der Waals surface area contributed by atoms with Gasteiger partial charge in [0.2, 0.25) is 0 Å². The Labute approximate surface area is 154 Å². The third kappa shape index (κ3) is 3.49. The first kappa shape index (κ1) is 17.4. The summed E-state index contributed by atoms with van der Waals surface area (Å²) in [5, 5.41) is 3.41. The van der Waals surface area contributed by atoms with E-state index in [0.717, 1.165) is 26.0 Å². The Balaban J connectivity index is 1.95. The summed E-state index contributed by atoms with van der Waals surface area (Å²) >= 11 is 9.03. The zero-order valence-electron chi connectivity index (χ0n) is 13.3. The van der Waals surface area contributed by atoms with Crippen molar-refractivity contribution in [3.63, 3.8) is 0 Å². The number of nitrogens with zero attached hydrogens (tertiary/aromatic N) is 1. The zero-order chi connectivity index (χ0) is 17.5. The molecule has 0 radical (unpaired) electrons. The number of sulfonamides is 1. The Bertz CT molecular complexity index is 1010. The van der Waals surface area contributed by atoms with E-state index >= 15 is 0 Å². The molecule has 0 amide bonds. The van der Waals surface area contributed by atoms with E-state index in [-0.39, 0.29) is 4.90 Å². The molecule has 2 aromatic heterocycles. The second-order valence-electron chi connectivity index (χ2n) is 5.35. The summed E-state index contributed by atoms with van der Waals surface area (Å²) in [4.78, 5) is 6.26. The maximum absolute atomic E-state index is 12.7. The smallest absolute Gasteiger partial charge is 0.263 e. The topological polar surface area (TPSA) is 59.1 Å². The van der Waals surface area contributed by atoms with Crippen LogP contribution in [-0.2, 0) is 10.0 Å². The highest BCUT2D eigenvalue weighted by molar-refractivity contribution is 7.93. The number of halogens is 1. The van der Waals surface area contributed by atoms with Crippen molar-refractivity contribution in [2.24, 2.45) is 0 Å². The number of aromatic nitrogens is 1. The summed E-state index contributed by atoms with van der Waals surface area (Å²) in [6, 6.07) is 6.77. The molecular weight excluding hydrogens is 384 g/mol. The molecule has 3 aromatic rings. The lowest BCUT2D eigenvalue weighted by Crippen LogP contribution is -2.13. The molecule has 0 bridgehead atoms. The van der Waals surface area contributed by atoms with Gasteiger partial charge in [-0.25, -0.2) is 13.4 Å². The first-order valence-electron chi connectivity index (χ1n) is 7.08. The number of benzene rings is 1. The Morgan fingerprint density at radius 2 is 1.92 bits per heavy atom. The van der Waals surface area contributed by atoms with Gasteiger partial charge in [0.05, 0.1) is 21.3 Å². The fourth-order valence-electron chi connectivity index (χ4n) is 2.20. The highest BCUT2D eigenvalue weighted by Gasteiger charge is 2.21. The predicted octanol–water partition coefficient (Wildman–Crippen LogP) is 5.25. The van der Waals surface area contributed by atoms with Gasteiger partial charge in [-0.3, -0.25) is 4.72 Å². The molecule has 0 aliphatic heterocycles. The van der Waals surface area contributed by atoms with Crippen LogP contribution in [0, 0.1) is 20.8 Å². The summed E-state index contributed by atoms with van der Waals surface area (Å²) in [6.07, 6.45) is 0. The normalized spacial score (nSPS) is 11.7. The summed E-state index contributed by atoms with van der Waals surface area (Å²) in [5.74, 6) is 0. The lowest BCUT2D eigenvalue weighted by atomic mass is 10.2. The van der Waals surface area contributed by atoms with Crippen LogP contribution in [0.15, 0.2) is 34.5 Å². The number of anilines is 1. The largest absolute Gasteiger partial charge is 0.280 e. The van der Waals surface area contributed by atoms with Crippen molar-refractivity contribution in [2.45, 2.75) is 25.7 Å². The molecule has 0 fully saturated rings. The van der Waals surface area contributed by atoms with Gasteiger partial charge >= 0.3 is 0 Å². The predicted molar refractivity (Wildman–Crippen MR) is 102 cm³/mol. The maximum Gasteiger partial charge on any atom is 0.263 e. The molecule has 0 spiro atoms. The van der Waals surface area contributed by atoms with Crippen molar-refractivity contribution >= 4 is 50.0 Å². The summed E-state index contributed by atoms with van der Waals surface area (Å²) in [6.45, 7) is 5.59. The van der Waals surface area contributed by atoms with Crippen LogP contribution in [0.2, 0.25) is 5.02 Å². The molecule has 4 nitrogen and oxygen atoms in total. The fraction of sp³-hybridized carbons (Fsp3) is 0.188. The molecular formula is C16H15ClN2O2S3. The molecule has 1 aromatic carbocycles. The Kier molecular flexibility index (Phi) is 4.70. The maximum atomic E-state index is 12.7. The minimum absolute atomic E-state index is 0.268. The van der Waals surface area contributed by atoms with E-state index in [2.05, 4.69) is 9.71 Å². The van der Waals surface area contributed by atoms with Crippen molar-refractivity contribution in [2.75, 3.05) is 4.72 Å².